The van der Waals surface area contributed by atoms with Crippen molar-refractivity contribution >= 4 is 21.8 Å². The summed E-state index contributed by atoms with van der Waals surface area (Å²) in [5, 5.41) is 2.25. The number of aromatic nitrogens is 3. The molecule has 0 fully saturated rings. The minimum atomic E-state index is 1.01. The van der Waals surface area contributed by atoms with Gasteiger partial charge in [-0.1, -0.05) is 12.1 Å². The van der Waals surface area contributed by atoms with E-state index in [9.17, 15) is 0 Å². The fourth-order valence-electron chi connectivity index (χ4n) is 1.57. The molecule has 0 radical (unpaired) electrons. The van der Waals surface area contributed by atoms with Crippen LogP contribution in [0.3, 0.4) is 0 Å². The maximum absolute atomic E-state index is 4.29. The summed E-state index contributed by atoms with van der Waals surface area (Å²) in [5.74, 6) is 0. The second-order valence-electron chi connectivity index (χ2n) is 2.96. The zero-order chi connectivity index (χ0) is 8.67. The lowest BCUT2D eigenvalue weighted by Crippen LogP contribution is -1.81. The molecule has 0 atom stereocenters. The van der Waals surface area contributed by atoms with Gasteiger partial charge in [-0.2, -0.15) is 0 Å². The molecule has 3 nitrogen and oxygen atoms in total. The van der Waals surface area contributed by atoms with Gasteiger partial charge in [0.2, 0.25) is 0 Å². The first kappa shape index (κ1) is 6.60. The Balaban J connectivity index is 2.65. The van der Waals surface area contributed by atoms with Crippen molar-refractivity contribution in [2.45, 2.75) is 0 Å². The average Bonchev–Trinajstić information content (AvgIpc) is 2.65. The topological polar surface area (TPSA) is 41.6 Å². The molecule has 1 N–H and O–H groups in total. The van der Waals surface area contributed by atoms with Crippen LogP contribution >= 0.6 is 0 Å². The maximum atomic E-state index is 4.29. The average molecular weight is 169 g/mol. The Hall–Kier alpha value is -1.90. The van der Waals surface area contributed by atoms with Crippen LogP contribution < -0.4 is 0 Å². The van der Waals surface area contributed by atoms with E-state index in [4.69, 9.17) is 0 Å². The van der Waals surface area contributed by atoms with Crippen LogP contribution in [0.2, 0.25) is 0 Å². The summed E-state index contributed by atoms with van der Waals surface area (Å²) in [7, 11) is 0. The Morgan fingerprint density at radius 1 is 1.08 bits per heavy atom. The first-order valence-corrected chi connectivity index (χ1v) is 4.11. The molecule has 2 aromatic heterocycles. The van der Waals surface area contributed by atoms with Crippen molar-refractivity contribution in [3.63, 3.8) is 0 Å². The van der Waals surface area contributed by atoms with Gasteiger partial charge in [0.05, 0.1) is 17.4 Å². The summed E-state index contributed by atoms with van der Waals surface area (Å²) in [6.07, 6.45) is 5.33. The first-order chi connectivity index (χ1) is 6.45. The first-order valence-electron chi connectivity index (χ1n) is 4.11. The number of benzene rings is 1. The molecule has 0 spiro atoms. The molecule has 0 saturated heterocycles. The van der Waals surface area contributed by atoms with Crippen molar-refractivity contribution in [1.29, 1.82) is 0 Å². The summed E-state index contributed by atoms with van der Waals surface area (Å²) in [5.41, 5.74) is 2.07. The van der Waals surface area contributed by atoms with E-state index < -0.39 is 0 Å². The van der Waals surface area contributed by atoms with Gasteiger partial charge in [0.1, 0.15) is 0 Å². The Bertz CT molecular complexity index is 568. The largest absolute Gasteiger partial charge is 0.344 e. The summed E-state index contributed by atoms with van der Waals surface area (Å²) < 4.78 is 0. The Kier molecular flexibility index (Phi) is 1.16. The smallest absolute Gasteiger partial charge is 0.0944 e. The fourth-order valence-corrected chi connectivity index (χ4v) is 1.57. The second kappa shape index (κ2) is 2.29. The van der Waals surface area contributed by atoms with Crippen LogP contribution in [0.5, 0.6) is 0 Å². The predicted molar refractivity (Wildman–Crippen MR) is 51.4 cm³/mol. The van der Waals surface area contributed by atoms with E-state index in [0.29, 0.717) is 0 Å². The van der Waals surface area contributed by atoms with E-state index in [-0.39, 0.29) is 0 Å². The van der Waals surface area contributed by atoms with Gasteiger partial charge < -0.3 is 4.98 Å². The molecule has 2 heterocycles. The van der Waals surface area contributed by atoms with E-state index in [1.807, 2.05) is 24.5 Å². The molecule has 0 saturated carbocycles. The van der Waals surface area contributed by atoms with Crippen LogP contribution in [0.15, 0.2) is 36.9 Å². The van der Waals surface area contributed by atoms with Crippen molar-refractivity contribution in [1.82, 2.24) is 15.0 Å². The lowest BCUT2D eigenvalue weighted by atomic mass is 10.2. The molecule has 62 valence electrons. The van der Waals surface area contributed by atoms with Crippen LogP contribution in [-0.4, -0.2) is 15.0 Å². The normalized spacial score (nSPS) is 11.1. The number of hydrogen-bond donors (Lipinski definition) is 1. The second-order valence-corrected chi connectivity index (χ2v) is 2.96. The molecule has 0 aliphatic rings. The number of aromatic amines is 1. The summed E-state index contributed by atoms with van der Waals surface area (Å²) in [4.78, 5) is 11.4. The van der Waals surface area contributed by atoms with Gasteiger partial charge in [0.25, 0.3) is 0 Å². The van der Waals surface area contributed by atoms with Gasteiger partial charge in [0.15, 0.2) is 0 Å². The number of nitrogens with zero attached hydrogens (tertiary/aromatic N) is 2. The van der Waals surface area contributed by atoms with Crippen LogP contribution in [0.25, 0.3) is 21.8 Å². The third-order valence-electron chi connectivity index (χ3n) is 2.20. The number of hydrogen-bond acceptors (Lipinski definition) is 2. The molecule has 0 bridgehead atoms. The van der Waals surface area contributed by atoms with E-state index in [1.165, 1.54) is 0 Å². The van der Waals surface area contributed by atoms with Gasteiger partial charge >= 0.3 is 0 Å². The molecular weight excluding hydrogens is 162 g/mol. The van der Waals surface area contributed by atoms with Crippen molar-refractivity contribution in [2.24, 2.45) is 0 Å². The highest BCUT2D eigenvalue weighted by molar-refractivity contribution is 6.02. The minimum Gasteiger partial charge on any atom is -0.344 e. The number of rotatable bonds is 0. The molecule has 13 heavy (non-hydrogen) atoms. The van der Waals surface area contributed by atoms with E-state index in [0.717, 1.165) is 21.8 Å². The molecule has 0 aliphatic heterocycles. The zero-order valence-electron chi connectivity index (χ0n) is 6.86. The third kappa shape index (κ3) is 0.839. The predicted octanol–water partition coefficient (Wildman–Crippen LogP) is 2.11. The Morgan fingerprint density at radius 2 is 2.00 bits per heavy atom. The van der Waals surface area contributed by atoms with Crippen molar-refractivity contribution < 1.29 is 0 Å². The van der Waals surface area contributed by atoms with Gasteiger partial charge in [-0.3, -0.25) is 4.98 Å². The number of fused-ring (bicyclic) bond motifs is 3. The monoisotopic (exact) mass is 169 g/mol. The Morgan fingerprint density at radius 3 is 3.00 bits per heavy atom. The third-order valence-corrected chi connectivity index (χ3v) is 2.20. The summed E-state index contributed by atoms with van der Waals surface area (Å²) in [6, 6.07) is 6.10. The van der Waals surface area contributed by atoms with E-state index in [1.54, 1.807) is 6.33 Å². The molecule has 0 unspecified atom stereocenters. The standard InChI is InChI=1S/C10H7N3/c1-2-8-5-11-6-13-10(8)9-7(1)3-4-12-9/h1-6H,(H,11,13). The van der Waals surface area contributed by atoms with Crippen LogP contribution in [0.1, 0.15) is 0 Å². The lowest BCUT2D eigenvalue weighted by Gasteiger charge is -1.97. The summed E-state index contributed by atoms with van der Waals surface area (Å²) in [6.45, 7) is 0. The van der Waals surface area contributed by atoms with E-state index >= 15 is 0 Å². The minimum absolute atomic E-state index is 1.01. The van der Waals surface area contributed by atoms with Gasteiger partial charge in [-0.15, -0.1) is 0 Å². The molecule has 3 aromatic rings. The summed E-state index contributed by atoms with van der Waals surface area (Å²) >= 11 is 0. The quantitative estimate of drug-likeness (QED) is 0.560. The highest BCUT2D eigenvalue weighted by atomic mass is 14.8. The highest BCUT2D eigenvalue weighted by Crippen LogP contribution is 2.20. The van der Waals surface area contributed by atoms with Crippen LogP contribution in [0.4, 0.5) is 0 Å². The van der Waals surface area contributed by atoms with Crippen LogP contribution in [0, 0.1) is 0 Å². The van der Waals surface area contributed by atoms with Crippen molar-refractivity contribution in [2.75, 3.05) is 0 Å². The molecule has 1 aromatic carbocycles. The number of nitrogens with one attached hydrogen (secondary N) is 1. The Labute approximate surface area is 74.4 Å². The SMILES string of the molecule is c1cc2ccc3cnc[nH]c3c2n1. The molecule has 0 aliphatic carbocycles. The van der Waals surface area contributed by atoms with Gasteiger partial charge in [0, 0.05) is 23.2 Å². The van der Waals surface area contributed by atoms with Crippen molar-refractivity contribution in [3.8, 4) is 0 Å². The highest BCUT2D eigenvalue weighted by Gasteiger charge is 2.00. The van der Waals surface area contributed by atoms with Crippen molar-refractivity contribution in [3.05, 3.63) is 36.9 Å². The lowest BCUT2D eigenvalue weighted by molar-refractivity contribution is 1.22. The molecule has 3 rings (SSSR count). The molecule has 3 heteroatoms. The number of H-pyrrole nitrogens is 1. The fraction of sp³-hybridized carbons (Fsp3) is 0. The molecular formula is C10H7N3. The van der Waals surface area contributed by atoms with Gasteiger partial charge in [-0.05, 0) is 6.07 Å². The van der Waals surface area contributed by atoms with Gasteiger partial charge in [-0.25, -0.2) is 4.98 Å². The molecule has 0 amide bonds. The zero-order valence-corrected chi connectivity index (χ0v) is 6.86. The van der Waals surface area contributed by atoms with E-state index in [2.05, 4.69) is 21.0 Å². The van der Waals surface area contributed by atoms with Crippen LogP contribution in [-0.2, 0) is 0 Å². The maximum Gasteiger partial charge on any atom is 0.0944 e.